The van der Waals surface area contributed by atoms with Gasteiger partial charge in [0.05, 0.1) is 6.07 Å². The first-order valence-corrected chi connectivity index (χ1v) is 2.73. The Bertz CT molecular complexity index is 198. The van der Waals surface area contributed by atoms with Gasteiger partial charge in [0.2, 0.25) is 0 Å². The average molecular weight is 142 g/mol. The molecule has 3 unspecified atom stereocenters. The van der Waals surface area contributed by atoms with Gasteiger partial charge in [-0.2, -0.15) is 5.26 Å². The van der Waals surface area contributed by atoms with E-state index in [1.165, 1.54) is 0 Å². The number of carbonyl (C=O) groups is 1. The van der Waals surface area contributed by atoms with E-state index in [0.29, 0.717) is 0 Å². The summed E-state index contributed by atoms with van der Waals surface area (Å²) in [5.74, 6) is -0.695. The van der Waals surface area contributed by atoms with Gasteiger partial charge in [0.25, 0.3) is 5.91 Å². The molecule has 1 aliphatic heterocycles. The van der Waals surface area contributed by atoms with E-state index < -0.39 is 24.2 Å². The van der Waals surface area contributed by atoms with Gasteiger partial charge in [-0.15, -0.1) is 0 Å². The summed E-state index contributed by atoms with van der Waals surface area (Å²) < 4.78 is 0. The van der Waals surface area contributed by atoms with Gasteiger partial charge < -0.3 is 15.5 Å². The van der Waals surface area contributed by atoms with E-state index in [4.69, 9.17) is 15.5 Å². The second-order valence-electron chi connectivity index (χ2n) is 2.05. The second kappa shape index (κ2) is 2.25. The standard InChI is InChI=1S/C5H6N2O3/c6-1-2-3(8)4(9)5(10)7-2/h2-4,8-9H,(H,7,10). The minimum atomic E-state index is -1.45. The van der Waals surface area contributed by atoms with Crippen LogP contribution in [-0.2, 0) is 4.79 Å². The molecule has 0 aliphatic carbocycles. The molecule has 3 atom stereocenters. The Balaban J connectivity index is 2.73. The van der Waals surface area contributed by atoms with Gasteiger partial charge in [0.15, 0.2) is 6.10 Å². The first-order valence-electron chi connectivity index (χ1n) is 2.73. The molecule has 1 heterocycles. The van der Waals surface area contributed by atoms with Crippen molar-refractivity contribution in [1.29, 1.82) is 5.26 Å². The second-order valence-corrected chi connectivity index (χ2v) is 2.05. The van der Waals surface area contributed by atoms with E-state index in [-0.39, 0.29) is 0 Å². The molecule has 3 N–H and O–H groups in total. The Kier molecular flexibility index (Phi) is 1.57. The summed E-state index contributed by atoms with van der Waals surface area (Å²) in [5, 5.41) is 28.0. The van der Waals surface area contributed by atoms with Crippen molar-refractivity contribution in [1.82, 2.24) is 5.32 Å². The zero-order valence-corrected chi connectivity index (χ0v) is 4.98. The highest BCUT2D eigenvalue weighted by molar-refractivity contribution is 5.84. The van der Waals surface area contributed by atoms with Gasteiger partial charge in [0, 0.05) is 0 Å². The third kappa shape index (κ3) is 0.835. The molecule has 1 amide bonds. The first kappa shape index (κ1) is 6.99. The number of rotatable bonds is 0. The molecule has 1 fully saturated rings. The van der Waals surface area contributed by atoms with E-state index >= 15 is 0 Å². The van der Waals surface area contributed by atoms with Crippen LogP contribution in [0.1, 0.15) is 0 Å². The Morgan fingerprint density at radius 3 is 2.40 bits per heavy atom. The van der Waals surface area contributed by atoms with E-state index in [9.17, 15) is 4.79 Å². The Morgan fingerprint density at radius 2 is 2.20 bits per heavy atom. The molecule has 0 aromatic rings. The van der Waals surface area contributed by atoms with Gasteiger partial charge in [-0.1, -0.05) is 0 Å². The average Bonchev–Trinajstić information content (AvgIpc) is 2.17. The summed E-state index contributed by atoms with van der Waals surface area (Å²) in [6, 6.07) is 0.663. The number of carbonyl (C=O) groups excluding carboxylic acids is 1. The predicted molar refractivity (Wildman–Crippen MR) is 29.6 cm³/mol. The summed E-state index contributed by atoms with van der Waals surface area (Å²) >= 11 is 0. The van der Waals surface area contributed by atoms with Crippen LogP contribution in [0.5, 0.6) is 0 Å². The zero-order valence-electron chi connectivity index (χ0n) is 4.98. The predicted octanol–water partition coefficient (Wildman–Crippen LogP) is -2.27. The molecule has 0 aromatic carbocycles. The fourth-order valence-electron chi connectivity index (χ4n) is 0.770. The summed E-state index contributed by atoms with van der Waals surface area (Å²) in [7, 11) is 0. The fourth-order valence-corrected chi connectivity index (χ4v) is 0.770. The van der Waals surface area contributed by atoms with Crippen LogP contribution in [0.3, 0.4) is 0 Å². The molecular weight excluding hydrogens is 136 g/mol. The third-order valence-electron chi connectivity index (χ3n) is 1.37. The maximum Gasteiger partial charge on any atom is 0.252 e. The quantitative estimate of drug-likeness (QED) is 0.355. The molecule has 10 heavy (non-hydrogen) atoms. The summed E-state index contributed by atoms with van der Waals surface area (Å²) in [6.45, 7) is 0. The molecule has 54 valence electrons. The van der Waals surface area contributed by atoms with Crippen molar-refractivity contribution < 1.29 is 15.0 Å². The molecule has 5 heteroatoms. The number of hydrogen-bond acceptors (Lipinski definition) is 4. The first-order chi connectivity index (χ1) is 4.66. The molecule has 1 rings (SSSR count). The van der Waals surface area contributed by atoms with E-state index in [2.05, 4.69) is 5.32 Å². The van der Waals surface area contributed by atoms with Crippen molar-refractivity contribution in [3.05, 3.63) is 0 Å². The minimum Gasteiger partial charge on any atom is -0.387 e. The number of aliphatic hydroxyl groups is 2. The molecular formula is C5H6N2O3. The van der Waals surface area contributed by atoms with Crippen LogP contribution in [0.4, 0.5) is 0 Å². The van der Waals surface area contributed by atoms with Crippen LogP contribution in [0.2, 0.25) is 0 Å². The summed E-state index contributed by atoms with van der Waals surface area (Å²) in [4.78, 5) is 10.5. The number of nitrogens with one attached hydrogen (secondary N) is 1. The smallest absolute Gasteiger partial charge is 0.252 e. The van der Waals surface area contributed by atoms with Crippen LogP contribution in [0, 0.1) is 11.3 Å². The largest absolute Gasteiger partial charge is 0.387 e. The Labute approximate surface area is 56.9 Å². The molecule has 1 saturated heterocycles. The normalized spacial score (nSPS) is 38.9. The Hall–Kier alpha value is -1.12. The summed E-state index contributed by atoms with van der Waals surface area (Å²) in [5.41, 5.74) is 0. The van der Waals surface area contributed by atoms with Crippen molar-refractivity contribution in [3.8, 4) is 6.07 Å². The van der Waals surface area contributed by atoms with Gasteiger partial charge in [-0.05, 0) is 0 Å². The zero-order chi connectivity index (χ0) is 7.72. The van der Waals surface area contributed by atoms with Gasteiger partial charge >= 0.3 is 0 Å². The van der Waals surface area contributed by atoms with Crippen LogP contribution < -0.4 is 5.32 Å². The van der Waals surface area contributed by atoms with Crippen LogP contribution in [-0.4, -0.2) is 34.4 Å². The van der Waals surface area contributed by atoms with E-state index in [0.717, 1.165) is 0 Å². The van der Waals surface area contributed by atoms with Crippen LogP contribution in [0.15, 0.2) is 0 Å². The molecule has 0 radical (unpaired) electrons. The summed E-state index contributed by atoms with van der Waals surface area (Å²) in [6.07, 6.45) is -2.75. The Morgan fingerprint density at radius 1 is 1.60 bits per heavy atom. The van der Waals surface area contributed by atoms with Crippen LogP contribution >= 0.6 is 0 Å². The van der Waals surface area contributed by atoms with Crippen molar-refractivity contribution in [3.63, 3.8) is 0 Å². The van der Waals surface area contributed by atoms with Gasteiger partial charge in [0.1, 0.15) is 12.1 Å². The molecule has 0 spiro atoms. The SMILES string of the molecule is N#CC1NC(=O)C(O)C1O. The maximum absolute atomic E-state index is 10.5. The van der Waals surface area contributed by atoms with Gasteiger partial charge in [-0.3, -0.25) is 4.79 Å². The number of aliphatic hydroxyl groups excluding tert-OH is 2. The van der Waals surface area contributed by atoms with Crippen molar-refractivity contribution >= 4 is 5.91 Å². The highest BCUT2D eigenvalue weighted by Gasteiger charge is 2.39. The number of hydrogen-bond donors (Lipinski definition) is 3. The molecule has 5 nitrogen and oxygen atoms in total. The lowest BCUT2D eigenvalue weighted by molar-refractivity contribution is -0.128. The lowest BCUT2D eigenvalue weighted by Gasteiger charge is -2.04. The highest BCUT2D eigenvalue weighted by Crippen LogP contribution is 2.07. The van der Waals surface area contributed by atoms with E-state index in [1.54, 1.807) is 6.07 Å². The van der Waals surface area contributed by atoms with Gasteiger partial charge in [-0.25, -0.2) is 0 Å². The lowest BCUT2D eigenvalue weighted by atomic mass is 10.2. The maximum atomic E-state index is 10.5. The number of nitriles is 1. The van der Waals surface area contributed by atoms with E-state index in [1.807, 2.05) is 0 Å². The number of nitrogens with zero attached hydrogens (tertiary/aromatic N) is 1. The van der Waals surface area contributed by atoms with Crippen LogP contribution in [0.25, 0.3) is 0 Å². The van der Waals surface area contributed by atoms with Crippen molar-refractivity contribution in [2.45, 2.75) is 18.2 Å². The third-order valence-corrected chi connectivity index (χ3v) is 1.37. The molecule has 0 saturated carbocycles. The molecule has 0 bridgehead atoms. The molecule has 0 aromatic heterocycles. The van der Waals surface area contributed by atoms with Crippen molar-refractivity contribution in [2.75, 3.05) is 0 Å². The van der Waals surface area contributed by atoms with Crippen molar-refractivity contribution in [2.24, 2.45) is 0 Å². The minimum absolute atomic E-state index is 0.695. The monoisotopic (exact) mass is 142 g/mol. The number of amides is 1. The lowest BCUT2D eigenvalue weighted by Crippen LogP contribution is -2.31. The topological polar surface area (TPSA) is 93.4 Å². The highest BCUT2D eigenvalue weighted by atomic mass is 16.3. The molecule has 1 aliphatic rings. The fraction of sp³-hybridized carbons (Fsp3) is 0.600.